The first-order valence-electron chi connectivity index (χ1n) is 5.95. The fraction of sp³-hybridized carbons (Fsp3) is 0.214. The molecule has 0 aliphatic carbocycles. The number of carbonyl (C=O) groups excluding carboxylic acids is 1. The van der Waals surface area contributed by atoms with Crippen LogP contribution in [0.5, 0.6) is 0 Å². The standard InChI is InChI=1S/C14H13N2O2/c1-2-18-14(17)10-7-13-11-5-3-4-6-12(11)15-9-16(13)8-10/h3-6,8-9H,2,7H2,1H3/q+1. The highest BCUT2D eigenvalue weighted by atomic mass is 16.5. The van der Waals surface area contributed by atoms with E-state index in [1.165, 1.54) is 0 Å². The van der Waals surface area contributed by atoms with Gasteiger partial charge in [-0.25, -0.2) is 9.36 Å². The quantitative estimate of drug-likeness (QED) is 0.591. The van der Waals surface area contributed by atoms with Gasteiger partial charge < -0.3 is 4.74 Å². The van der Waals surface area contributed by atoms with Crippen LogP contribution in [0, 0.1) is 0 Å². The molecule has 0 saturated heterocycles. The number of rotatable bonds is 2. The van der Waals surface area contributed by atoms with Gasteiger partial charge in [0.1, 0.15) is 11.9 Å². The molecule has 2 aromatic rings. The van der Waals surface area contributed by atoms with Gasteiger partial charge in [-0.15, -0.1) is 0 Å². The highest BCUT2D eigenvalue weighted by Crippen LogP contribution is 2.20. The third kappa shape index (κ3) is 1.66. The molecule has 0 bridgehead atoms. The summed E-state index contributed by atoms with van der Waals surface area (Å²) in [5, 5.41) is 1.08. The molecule has 1 aliphatic rings. The highest BCUT2D eigenvalue weighted by Gasteiger charge is 2.26. The predicted octanol–water partition coefficient (Wildman–Crippen LogP) is 1.48. The van der Waals surface area contributed by atoms with Crippen molar-refractivity contribution in [2.24, 2.45) is 0 Å². The second-order valence-corrected chi connectivity index (χ2v) is 4.17. The van der Waals surface area contributed by atoms with E-state index in [2.05, 4.69) is 4.98 Å². The summed E-state index contributed by atoms with van der Waals surface area (Å²) in [6.45, 7) is 2.21. The molecule has 1 aromatic heterocycles. The molecule has 4 heteroatoms. The molecule has 2 heterocycles. The van der Waals surface area contributed by atoms with E-state index >= 15 is 0 Å². The van der Waals surface area contributed by atoms with Crippen molar-refractivity contribution in [3.05, 3.63) is 41.9 Å². The lowest BCUT2D eigenvalue weighted by molar-refractivity contribution is -0.573. The van der Waals surface area contributed by atoms with Crippen LogP contribution in [0.25, 0.3) is 17.1 Å². The zero-order valence-electron chi connectivity index (χ0n) is 10.1. The monoisotopic (exact) mass is 241 g/mol. The fourth-order valence-corrected chi connectivity index (χ4v) is 2.20. The fourth-order valence-electron chi connectivity index (χ4n) is 2.20. The topological polar surface area (TPSA) is 43.1 Å². The van der Waals surface area contributed by atoms with Crippen LogP contribution in [-0.4, -0.2) is 17.6 Å². The van der Waals surface area contributed by atoms with Crippen LogP contribution in [0.1, 0.15) is 12.6 Å². The Morgan fingerprint density at radius 2 is 2.28 bits per heavy atom. The van der Waals surface area contributed by atoms with Crippen LogP contribution < -0.4 is 4.57 Å². The molecule has 0 atom stereocenters. The lowest BCUT2D eigenvalue weighted by Crippen LogP contribution is -2.28. The first-order valence-corrected chi connectivity index (χ1v) is 5.95. The number of benzene rings is 1. The Balaban J connectivity index is 2.03. The molecule has 3 rings (SSSR count). The minimum absolute atomic E-state index is 0.245. The maximum absolute atomic E-state index is 11.7. The minimum atomic E-state index is -0.245. The van der Waals surface area contributed by atoms with Crippen molar-refractivity contribution in [2.45, 2.75) is 13.3 Å². The minimum Gasteiger partial charge on any atom is -0.463 e. The third-order valence-corrected chi connectivity index (χ3v) is 3.04. The average molecular weight is 241 g/mol. The number of para-hydroxylation sites is 1. The number of fused-ring (bicyclic) bond motifs is 3. The van der Waals surface area contributed by atoms with E-state index in [1.807, 2.05) is 35.8 Å². The second kappa shape index (κ2) is 4.22. The number of hydrogen-bond donors (Lipinski definition) is 0. The van der Waals surface area contributed by atoms with Crippen LogP contribution >= 0.6 is 0 Å². The number of nitrogens with zero attached hydrogens (tertiary/aromatic N) is 2. The van der Waals surface area contributed by atoms with Crippen molar-refractivity contribution in [2.75, 3.05) is 6.61 Å². The molecule has 0 N–H and O–H groups in total. The molecule has 0 amide bonds. The summed E-state index contributed by atoms with van der Waals surface area (Å²) in [5.74, 6) is -0.245. The molecule has 0 fully saturated rings. The number of carbonyl (C=O) groups is 1. The molecule has 1 aromatic carbocycles. The second-order valence-electron chi connectivity index (χ2n) is 4.17. The zero-order chi connectivity index (χ0) is 12.5. The normalized spacial score (nSPS) is 13.3. The van der Waals surface area contributed by atoms with E-state index in [9.17, 15) is 4.79 Å². The summed E-state index contributed by atoms with van der Waals surface area (Å²) in [6, 6.07) is 7.93. The smallest absolute Gasteiger partial charge is 0.338 e. The summed E-state index contributed by atoms with van der Waals surface area (Å²) in [6.07, 6.45) is 4.14. The summed E-state index contributed by atoms with van der Waals surface area (Å²) in [7, 11) is 0. The van der Waals surface area contributed by atoms with Crippen molar-refractivity contribution in [3.8, 4) is 0 Å². The Hall–Kier alpha value is -2.23. The van der Waals surface area contributed by atoms with E-state index in [4.69, 9.17) is 4.74 Å². The molecule has 0 spiro atoms. The van der Waals surface area contributed by atoms with Gasteiger partial charge in [0, 0.05) is 6.42 Å². The molecule has 90 valence electrons. The predicted molar refractivity (Wildman–Crippen MR) is 66.5 cm³/mol. The SMILES string of the molecule is CCOC(=O)C1=C[n+]2cnc3ccccc3c2C1. The van der Waals surface area contributed by atoms with E-state index in [0.29, 0.717) is 18.6 Å². The van der Waals surface area contributed by atoms with E-state index in [1.54, 1.807) is 12.5 Å². The third-order valence-electron chi connectivity index (χ3n) is 3.04. The van der Waals surface area contributed by atoms with E-state index in [0.717, 1.165) is 16.6 Å². The molecule has 0 radical (unpaired) electrons. The van der Waals surface area contributed by atoms with Crippen molar-refractivity contribution < 1.29 is 14.1 Å². The molecular weight excluding hydrogens is 228 g/mol. The van der Waals surface area contributed by atoms with Crippen molar-refractivity contribution >= 4 is 23.1 Å². The van der Waals surface area contributed by atoms with Crippen molar-refractivity contribution in [1.29, 1.82) is 0 Å². The summed E-state index contributed by atoms with van der Waals surface area (Å²) in [5.41, 5.74) is 2.71. The molecule has 18 heavy (non-hydrogen) atoms. The van der Waals surface area contributed by atoms with Gasteiger partial charge in [0.05, 0.1) is 17.6 Å². The number of aromatic nitrogens is 2. The van der Waals surface area contributed by atoms with Crippen LogP contribution in [0.2, 0.25) is 0 Å². The molecule has 1 aliphatic heterocycles. The van der Waals surface area contributed by atoms with Gasteiger partial charge in [-0.05, 0) is 24.0 Å². The maximum Gasteiger partial charge on any atom is 0.338 e. The van der Waals surface area contributed by atoms with Crippen LogP contribution in [0.15, 0.2) is 36.2 Å². The van der Waals surface area contributed by atoms with Gasteiger partial charge in [0.25, 0.3) is 6.33 Å². The van der Waals surface area contributed by atoms with Gasteiger partial charge in [-0.2, -0.15) is 0 Å². The van der Waals surface area contributed by atoms with Crippen LogP contribution in [-0.2, 0) is 16.0 Å². The van der Waals surface area contributed by atoms with E-state index < -0.39 is 0 Å². The Bertz CT molecular complexity index is 662. The molecular formula is C14H13N2O2+. The number of ether oxygens (including phenoxy) is 1. The Morgan fingerprint density at radius 3 is 3.11 bits per heavy atom. The molecule has 0 saturated carbocycles. The van der Waals surface area contributed by atoms with Gasteiger partial charge in [-0.3, -0.25) is 0 Å². The maximum atomic E-state index is 11.7. The molecule has 4 nitrogen and oxygen atoms in total. The average Bonchev–Trinajstić information content (AvgIpc) is 2.83. The first-order chi connectivity index (χ1) is 8.79. The lowest BCUT2D eigenvalue weighted by Gasteiger charge is -2.00. The Labute approximate surface area is 105 Å². The molecule has 0 unspecified atom stereocenters. The first kappa shape index (κ1) is 10.9. The zero-order valence-corrected chi connectivity index (χ0v) is 10.1. The van der Waals surface area contributed by atoms with Gasteiger partial charge in [-0.1, -0.05) is 12.1 Å². The number of esters is 1. The Morgan fingerprint density at radius 1 is 1.44 bits per heavy atom. The van der Waals surface area contributed by atoms with Crippen molar-refractivity contribution in [1.82, 2.24) is 4.98 Å². The summed E-state index contributed by atoms with van der Waals surface area (Å²) in [4.78, 5) is 16.1. The largest absolute Gasteiger partial charge is 0.463 e. The van der Waals surface area contributed by atoms with Gasteiger partial charge in [0.2, 0.25) is 0 Å². The van der Waals surface area contributed by atoms with E-state index in [-0.39, 0.29) is 5.97 Å². The summed E-state index contributed by atoms with van der Waals surface area (Å²) >= 11 is 0. The summed E-state index contributed by atoms with van der Waals surface area (Å²) < 4.78 is 6.93. The van der Waals surface area contributed by atoms with Crippen LogP contribution in [0.4, 0.5) is 0 Å². The van der Waals surface area contributed by atoms with Crippen LogP contribution in [0.3, 0.4) is 0 Å². The lowest BCUT2D eigenvalue weighted by atomic mass is 10.1. The van der Waals surface area contributed by atoms with Gasteiger partial charge >= 0.3 is 5.97 Å². The van der Waals surface area contributed by atoms with Crippen molar-refractivity contribution in [3.63, 3.8) is 0 Å². The number of hydrogen-bond acceptors (Lipinski definition) is 3. The Kier molecular flexibility index (Phi) is 2.55. The van der Waals surface area contributed by atoms with Gasteiger partial charge in [0.15, 0.2) is 5.52 Å². The highest BCUT2D eigenvalue weighted by molar-refractivity contribution is 5.93.